The highest BCUT2D eigenvalue weighted by atomic mass is 79.9. The minimum atomic E-state index is 0.406. The molecule has 0 bridgehead atoms. The summed E-state index contributed by atoms with van der Waals surface area (Å²) in [6.45, 7) is 0. The monoisotopic (exact) mass is 295 g/mol. The molecule has 0 spiro atoms. The number of nitrogen functional groups attached to an aromatic ring is 1. The number of rotatable bonds is 3. The van der Waals surface area contributed by atoms with E-state index >= 15 is 0 Å². The summed E-state index contributed by atoms with van der Waals surface area (Å²) in [6, 6.07) is 5.15. The fourth-order valence-electron chi connectivity index (χ4n) is 1.25. The van der Waals surface area contributed by atoms with Gasteiger partial charge in [-0.1, -0.05) is 0 Å². The maximum atomic E-state index is 5.69. The smallest absolute Gasteiger partial charge is 0.236 e. The van der Waals surface area contributed by atoms with Crippen LogP contribution in [0.3, 0.4) is 0 Å². The molecular weight excluding hydrogens is 286 g/mol. The largest absolute Gasteiger partial charge is 0.493 e. The van der Waals surface area contributed by atoms with Gasteiger partial charge in [-0.15, -0.1) is 0 Å². The molecule has 1 aromatic carbocycles. The maximum Gasteiger partial charge on any atom is 0.236 e. The maximum absolute atomic E-state index is 5.69. The lowest BCUT2D eigenvalue weighted by molar-refractivity contribution is 0.373. The zero-order valence-electron chi connectivity index (χ0n) is 9.05. The molecule has 2 N–H and O–H groups in total. The van der Waals surface area contributed by atoms with Gasteiger partial charge >= 0.3 is 0 Å². The molecule has 1 aromatic heterocycles. The fraction of sp³-hybridized carbons (Fsp3) is 0.0909. The molecule has 0 aliphatic rings. The van der Waals surface area contributed by atoms with E-state index < -0.39 is 0 Å². The van der Waals surface area contributed by atoms with E-state index in [1.54, 1.807) is 31.5 Å². The van der Waals surface area contributed by atoms with Crippen molar-refractivity contribution in [3.8, 4) is 17.4 Å². The lowest BCUT2D eigenvalue weighted by atomic mass is 10.3. The van der Waals surface area contributed by atoms with Crippen LogP contribution in [0.2, 0.25) is 0 Å². The van der Waals surface area contributed by atoms with E-state index in [9.17, 15) is 0 Å². The molecular formula is C11H10BrN3O2. The van der Waals surface area contributed by atoms with Gasteiger partial charge in [0.25, 0.3) is 0 Å². The molecule has 0 aliphatic carbocycles. The summed E-state index contributed by atoms with van der Waals surface area (Å²) in [7, 11) is 1.56. The van der Waals surface area contributed by atoms with Gasteiger partial charge in [-0.25, -0.2) is 9.97 Å². The van der Waals surface area contributed by atoms with Crippen LogP contribution in [0.4, 0.5) is 5.69 Å². The highest BCUT2D eigenvalue weighted by Crippen LogP contribution is 2.34. The highest BCUT2D eigenvalue weighted by molar-refractivity contribution is 9.10. The highest BCUT2D eigenvalue weighted by Gasteiger charge is 2.09. The Morgan fingerprint density at radius 1 is 1.29 bits per heavy atom. The normalized spacial score (nSPS) is 10.0. The van der Waals surface area contributed by atoms with Crippen LogP contribution in [0.1, 0.15) is 0 Å². The second-order valence-electron chi connectivity index (χ2n) is 3.19. The van der Waals surface area contributed by atoms with Crippen molar-refractivity contribution in [1.82, 2.24) is 9.97 Å². The Morgan fingerprint density at radius 2 is 2.12 bits per heavy atom. The van der Waals surface area contributed by atoms with Crippen molar-refractivity contribution in [2.45, 2.75) is 0 Å². The average Bonchev–Trinajstić information content (AvgIpc) is 2.32. The number of nitrogens with two attached hydrogens (primary N) is 1. The van der Waals surface area contributed by atoms with Gasteiger partial charge in [0.2, 0.25) is 5.88 Å². The molecule has 0 amide bonds. The predicted molar refractivity (Wildman–Crippen MR) is 67.2 cm³/mol. The number of methoxy groups -OCH3 is 1. The van der Waals surface area contributed by atoms with Crippen molar-refractivity contribution < 1.29 is 9.47 Å². The van der Waals surface area contributed by atoms with Gasteiger partial charge in [0, 0.05) is 18.0 Å². The quantitative estimate of drug-likeness (QED) is 0.882. The third kappa shape index (κ3) is 2.65. The number of nitrogens with zero attached hydrogens (tertiary/aromatic N) is 2. The van der Waals surface area contributed by atoms with Crippen molar-refractivity contribution in [2.75, 3.05) is 12.8 Å². The number of ether oxygens (including phenoxy) is 2. The van der Waals surface area contributed by atoms with Gasteiger partial charge in [0.1, 0.15) is 6.33 Å². The molecule has 0 aliphatic heterocycles. The van der Waals surface area contributed by atoms with E-state index in [0.29, 0.717) is 27.5 Å². The van der Waals surface area contributed by atoms with Crippen molar-refractivity contribution in [3.63, 3.8) is 0 Å². The summed E-state index contributed by atoms with van der Waals surface area (Å²) >= 11 is 3.30. The standard InChI is InChI=1S/C11H10BrN3O2/c1-16-9-3-2-7(13)4-10(9)17-11-8(12)5-14-6-15-11/h2-6H,13H2,1H3. The summed E-state index contributed by atoms with van der Waals surface area (Å²) in [4.78, 5) is 7.85. The lowest BCUT2D eigenvalue weighted by Gasteiger charge is -2.10. The van der Waals surface area contributed by atoms with Gasteiger partial charge in [0.15, 0.2) is 11.5 Å². The molecule has 0 radical (unpaired) electrons. The Morgan fingerprint density at radius 3 is 2.82 bits per heavy atom. The minimum absolute atomic E-state index is 0.406. The topological polar surface area (TPSA) is 70.3 Å². The number of aromatic nitrogens is 2. The summed E-state index contributed by atoms with van der Waals surface area (Å²) in [5, 5.41) is 0. The molecule has 88 valence electrons. The van der Waals surface area contributed by atoms with E-state index in [1.807, 2.05) is 0 Å². The van der Waals surface area contributed by atoms with Crippen molar-refractivity contribution in [3.05, 3.63) is 35.2 Å². The van der Waals surface area contributed by atoms with Gasteiger partial charge in [-0.05, 0) is 28.1 Å². The average molecular weight is 296 g/mol. The summed E-state index contributed by atoms with van der Waals surface area (Å²) in [5.74, 6) is 1.50. The molecule has 1 heterocycles. The number of hydrogen-bond donors (Lipinski definition) is 1. The fourth-order valence-corrected chi connectivity index (χ4v) is 1.56. The second kappa shape index (κ2) is 5.01. The molecule has 0 fully saturated rings. The first-order valence-electron chi connectivity index (χ1n) is 4.77. The first kappa shape index (κ1) is 11.7. The molecule has 0 saturated carbocycles. The minimum Gasteiger partial charge on any atom is -0.493 e. The number of halogens is 1. The number of anilines is 1. The Labute approximate surface area is 107 Å². The Hall–Kier alpha value is -1.82. The molecule has 0 atom stereocenters. The summed E-state index contributed by atoms with van der Waals surface area (Å²) in [6.07, 6.45) is 3.00. The van der Waals surface area contributed by atoms with Crippen LogP contribution >= 0.6 is 15.9 Å². The second-order valence-corrected chi connectivity index (χ2v) is 4.04. The summed E-state index contributed by atoms with van der Waals surface area (Å²) < 4.78 is 11.4. The van der Waals surface area contributed by atoms with Gasteiger partial charge < -0.3 is 15.2 Å². The van der Waals surface area contributed by atoms with Crippen LogP contribution in [0, 0.1) is 0 Å². The molecule has 2 aromatic rings. The van der Waals surface area contributed by atoms with Gasteiger partial charge in [-0.2, -0.15) is 0 Å². The molecule has 17 heavy (non-hydrogen) atoms. The van der Waals surface area contributed by atoms with E-state index in [2.05, 4.69) is 25.9 Å². The lowest BCUT2D eigenvalue weighted by Crippen LogP contribution is -1.95. The van der Waals surface area contributed by atoms with E-state index in [1.165, 1.54) is 6.33 Å². The zero-order valence-corrected chi connectivity index (χ0v) is 10.6. The van der Waals surface area contributed by atoms with Crippen LogP contribution < -0.4 is 15.2 Å². The third-order valence-corrected chi connectivity index (χ3v) is 2.57. The molecule has 0 unspecified atom stereocenters. The van der Waals surface area contributed by atoms with Crippen molar-refractivity contribution >= 4 is 21.6 Å². The predicted octanol–water partition coefficient (Wildman–Crippen LogP) is 2.62. The van der Waals surface area contributed by atoms with Crippen LogP contribution in [0.15, 0.2) is 35.2 Å². The summed E-state index contributed by atoms with van der Waals surface area (Å²) in [5.41, 5.74) is 6.28. The van der Waals surface area contributed by atoms with Crippen molar-refractivity contribution in [2.24, 2.45) is 0 Å². The van der Waals surface area contributed by atoms with Gasteiger partial charge in [-0.3, -0.25) is 0 Å². The third-order valence-electron chi connectivity index (χ3n) is 2.03. The van der Waals surface area contributed by atoms with Crippen LogP contribution in [0.25, 0.3) is 0 Å². The number of hydrogen-bond acceptors (Lipinski definition) is 5. The first-order valence-corrected chi connectivity index (χ1v) is 5.57. The SMILES string of the molecule is COc1ccc(N)cc1Oc1ncncc1Br. The number of benzene rings is 1. The van der Waals surface area contributed by atoms with Crippen molar-refractivity contribution in [1.29, 1.82) is 0 Å². The van der Waals surface area contributed by atoms with Crippen LogP contribution in [0.5, 0.6) is 17.4 Å². The molecule has 2 rings (SSSR count). The Kier molecular flexibility index (Phi) is 3.43. The Balaban J connectivity index is 2.35. The Bertz CT molecular complexity index is 534. The molecule has 6 heteroatoms. The van der Waals surface area contributed by atoms with E-state index in [4.69, 9.17) is 15.2 Å². The molecule has 0 saturated heterocycles. The van der Waals surface area contributed by atoms with Crippen LogP contribution in [-0.2, 0) is 0 Å². The first-order chi connectivity index (χ1) is 8.20. The van der Waals surface area contributed by atoms with E-state index in [-0.39, 0.29) is 0 Å². The van der Waals surface area contributed by atoms with Crippen LogP contribution in [-0.4, -0.2) is 17.1 Å². The zero-order chi connectivity index (χ0) is 12.3. The molecule has 5 nitrogen and oxygen atoms in total. The van der Waals surface area contributed by atoms with Gasteiger partial charge in [0.05, 0.1) is 11.6 Å². The van der Waals surface area contributed by atoms with E-state index in [0.717, 1.165) is 0 Å².